The number of rotatable bonds is 2. The number of hydrogen-bond donors (Lipinski definition) is 1. The maximum atomic E-state index is 13.1. The minimum Gasteiger partial charge on any atom is -0.491 e. The summed E-state index contributed by atoms with van der Waals surface area (Å²) in [5.74, 6) is -0.0972. The molecule has 9 nitrogen and oxygen atoms in total. The largest absolute Gasteiger partial charge is 0.491 e. The van der Waals surface area contributed by atoms with Crippen LogP contribution in [0.2, 0.25) is 0 Å². The highest BCUT2D eigenvalue weighted by Gasteiger charge is 2.37. The number of anilines is 1. The SMILES string of the molecule is CN(C(=O)c1cc2c(cn1)nc(N)c1cncn12)[C@H]1COc2cc(C(F)(F)F)ncc21. The summed E-state index contributed by atoms with van der Waals surface area (Å²) in [5, 5.41) is 0. The summed E-state index contributed by atoms with van der Waals surface area (Å²) in [6, 6.07) is 1.80. The molecule has 1 aliphatic heterocycles. The predicted octanol–water partition coefficient (Wildman–Crippen LogP) is 2.48. The van der Waals surface area contributed by atoms with E-state index in [9.17, 15) is 18.0 Å². The maximum Gasteiger partial charge on any atom is 0.433 e. The molecule has 2 N–H and O–H groups in total. The molecule has 4 aromatic heterocycles. The number of hydrogen-bond acceptors (Lipinski definition) is 7. The van der Waals surface area contributed by atoms with Crippen LogP contribution in [-0.4, -0.2) is 48.8 Å². The summed E-state index contributed by atoms with van der Waals surface area (Å²) < 4.78 is 45.8. The summed E-state index contributed by atoms with van der Waals surface area (Å²) in [4.78, 5) is 30.4. The Morgan fingerprint density at radius 2 is 2.03 bits per heavy atom. The summed E-state index contributed by atoms with van der Waals surface area (Å²) >= 11 is 0. The summed E-state index contributed by atoms with van der Waals surface area (Å²) in [6.45, 7) is 0.0119. The van der Waals surface area contributed by atoms with Gasteiger partial charge in [-0.25, -0.2) is 15.0 Å². The highest BCUT2D eigenvalue weighted by molar-refractivity contribution is 5.96. The molecule has 12 heteroatoms. The quantitative estimate of drug-likeness (QED) is 0.521. The van der Waals surface area contributed by atoms with Crippen molar-refractivity contribution < 1.29 is 22.7 Å². The molecule has 0 spiro atoms. The van der Waals surface area contributed by atoms with Gasteiger partial charge in [-0.1, -0.05) is 0 Å². The van der Waals surface area contributed by atoms with Crippen LogP contribution in [0.15, 0.2) is 37.1 Å². The van der Waals surface area contributed by atoms with Gasteiger partial charge in [0.15, 0.2) is 0 Å². The second-order valence-corrected chi connectivity index (χ2v) is 7.05. The fourth-order valence-electron chi connectivity index (χ4n) is 3.58. The van der Waals surface area contributed by atoms with Crippen molar-refractivity contribution in [2.45, 2.75) is 12.2 Å². The first-order valence-electron chi connectivity index (χ1n) is 9.08. The number of aromatic nitrogens is 5. The molecule has 0 aliphatic carbocycles. The van der Waals surface area contributed by atoms with Gasteiger partial charge >= 0.3 is 6.18 Å². The number of nitrogens with zero attached hydrogens (tertiary/aromatic N) is 6. The molecular formula is C19H14F3N7O2. The second-order valence-electron chi connectivity index (χ2n) is 7.05. The monoisotopic (exact) mass is 429 g/mol. The molecule has 5 heterocycles. The first kappa shape index (κ1) is 19.0. The van der Waals surface area contributed by atoms with Gasteiger partial charge in [0.2, 0.25) is 0 Å². The third-order valence-electron chi connectivity index (χ3n) is 5.21. The van der Waals surface area contributed by atoms with Crippen LogP contribution < -0.4 is 10.5 Å². The highest BCUT2D eigenvalue weighted by atomic mass is 19.4. The van der Waals surface area contributed by atoms with Crippen LogP contribution >= 0.6 is 0 Å². The molecule has 0 bridgehead atoms. The van der Waals surface area contributed by atoms with Gasteiger partial charge in [-0.05, 0) is 6.07 Å². The van der Waals surface area contributed by atoms with E-state index in [1.807, 2.05) is 0 Å². The fraction of sp³-hybridized carbons (Fsp3) is 0.211. The average molecular weight is 429 g/mol. The van der Waals surface area contributed by atoms with Gasteiger partial charge < -0.3 is 15.4 Å². The zero-order valence-electron chi connectivity index (χ0n) is 16.0. The Hall–Kier alpha value is -3.96. The summed E-state index contributed by atoms with van der Waals surface area (Å²) in [6.07, 6.45) is 1.06. The van der Waals surface area contributed by atoms with E-state index in [4.69, 9.17) is 10.5 Å². The number of likely N-dealkylation sites (N-methyl/N-ethyl adjacent to an activating group) is 1. The Bertz CT molecular complexity index is 1350. The number of ether oxygens (including phenoxy) is 1. The Morgan fingerprint density at radius 3 is 2.81 bits per heavy atom. The number of imidazole rings is 1. The van der Waals surface area contributed by atoms with Crippen LogP contribution in [0.5, 0.6) is 5.75 Å². The molecule has 0 radical (unpaired) electrons. The molecular weight excluding hydrogens is 415 g/mol. The number of alkyl halides is 3. The Labute approximate surface area is 172 Å². The van der Waals surface area contributed by atoms with Crippen LogP contribution in [0.25, 0.3) is 16.6 Å². The average Bonchev–Trinajstić information content (AvgIpc) is 3.39. The molecule has 4 aromatic rings. The van der Waals surface area contributed by atoms with Crippen molar-refractivity contribution in [2.24, 2.45) is 0 Å². The van der Waals surface area contributed by atoms with Crippen molar-refractivity contribution in [2.75, 3.05) is 19.4 Å². The normalized spacial score (nSPS) is 15.8. The maximum absolute atomic E-state index is 13.1. The van der Waals surface area contributed by atoms with Crippen LogP contribution in [-0.2, 0) is 6.18 Å². The van der Waals surface area contributed by atoms with Gasteiger partial charge in [0.05, 0.1) is 30.3 Å². The lowest BCUT2D eigenvalue weighted by atomic mass is 10.1. The van der Waals surface area contributed by atoms with Gasteiger partial charge in [0, 0.05) is 24.9 Å². The number of pyridine rings is 2. The van der Waals surface area contributed by atoms with Crippen LogP contribution in [0.4, 0.5) is 19.0 Å². The third kappa shape index (κ3) is 2.98. The molecule has 0 fully saturated rings. The number of halogens is 3. The third-order valence-corrected chi connectivity index (χ3v) is 5.21. The smallest absolute Gasteiger partial charge is 0.433 e. The number of fused-ring (bicyclic) bond motifs is 4. The second kappa shape index (κ2) is 6.52. The van der Waals surface area contributed by atoms with Crippen molar-refractivity contribution in [1.29, 1.82) is 0 Å². The van der Waals surface area contributed by atoms with Crippen molar-refractivity contribution in [3.05, 3.63) is 54.0 Å². The molecule has 1 aliphatic rings. The highest BCUT2D eigenvalue weighted by Crippen LogP contribution is 2.39. The molecule has 0 saturated carbocycles. The van der Waals surface area contributed by atoms with E-state index in [-0.39, 0.29) is 23.9 Å². The molecule has 0 aromatic carbocycles. The molecule has 1 atom stereocenters. The lowest BCUT2D eigenvalue weighted by Crippen LogP contribution is -2.32. The first-order valence-corrected chi connectivity index (χ1v) is 9.08. The summed E-state index contributed by atoms with van der Waals surface area (Å²) in [5.41, 5.74) is 7.06. The van der Waals surface area contributed by atoms with Crippen LogP contribution in [0.3, 0.4) is 0 Å². The minimum atomic E-state index is -4.58. The zero-order valence-corrected chi connectivity index (χ0v) is 16.0. The Balaban J connectivity index is 1.49. The van der Waals surface area contributed by atoms with E-state index >= 15 is 0 Å². The Morgan fingerprint density at radius 1 is 1.23 bits per heavy atom. The van der Waals surface area contributed by atoms with Crippen LogP contribution in [0.1, 0.15) is 27.8 Å². The van der Waals surface area contributed by atoms with E-state index in [0.29, 0.717) is 22.1 Å². The molecule has 1 amide bonds. The van der Waals surface area contributed by atoms with E-state index < -0.39 is 23.8 Å². The predicted molar refractivity (Wildman–Crippen MR) is 102 cm³/mol. The van der Waals surface area contributed by atoms with E-state index in [1.165, 1.54) is 18.1 Å². The lowest BCUT2D eigenvalue weighted by molar-refractivity contribution is -0.141. The number of nitrogens with two attached hydrogens (primary N) is 1. The van der Waals surface area contributed by atoms with E-state index in [1.54, 1.807) is 23.0 Å². The van der Waals surface area contributed by atoms with Crippen LogP contribution in [0, 0.1) is 0 Å². The van der Waals surface area contributed by atoms with Gasteiger partial charge in [-0.3, -0.25) is 14.2 Å². The number of nitrogen functional groups attached to an aromatic ring is 1. The molecule has 31 heavy (non-hydrogen) atoms. The standard InChI is InChI=1S/C19H14F3N7O2/c1-28(14-7-31-15-3-16(19(20,21)22)26-4-9(14)15)18(30)10-2-12-11(5-25-10)27-17(23)13-6-24-8-29(12)13/h2-6,8,14H,7H2,1H3,(H2,23,27)/t14-/m0/s1. The zero-order chi connectivity index (χ0) is 21.9. The molecule has 0 saturated heterocycles. The van der Waals surface area contributed by atoms with Crippen molar-refractivity contribution in [3.8, 4) is 5.75 Å². The minimum absolute atomic E-state index is 0.0119. The lowest BCUT2D eigenvalue weighted by Gasteiger charge is -2.23. The number of amides is 1. The number of carbonyl (C=O) groups is 1. The first-order chi connectivity index (χ1) is 14.7. The fourth-order valence-corrected chi connectivity index (χ4v) is 3.58. The van der Waals surface area contributed by atoms with Crippen molar-refractivity contribution >= 4 is 28.3 Å². The Kier molecular flexibility index (Phi) is 4.00. The van der Waals surface area contributed by atoms with Crippen molar-refractivity contribution in [1.82, 2.24) is 29.2 Å². The molecule has 5 rings (SSSR count). The molecule has 0 unspecified atom stereocenters. The van der Waals surface area contributed by atoms with Gasteiger partial charge in [0.25, 0.3) is 5.91 Å². The number of carbonyl (C=O) groups excluding carboxylic acids is 1. The summed E-state index contributed by atoms with van der Waals surface area (Å²) in [7, 11) is 1.53. The van der Waals surface area contributed by atoms with E-state index in [2.05, 4.69) is 19.9 Å². The topological polar surface area (TPSA) is 112 Å². The van der Waals surface area contributed by atoms with Gasteiger partial charge in [-0.15, -0.1) is 0 Å². The molecule has 158 valence electrons. The van der Waals surface area contributed by atoms with Gasteiger partial charge in [0.1, 0.15) is 40.6 Å². The van der Waals surface area contributed by atoms with E-state index in [0.717, 1.165) is 12.3 Å². The van der Waals surface area contributed by atoms with Gasteiger partial charge in [-0.2, -0.15) is 13.2 Å². The van der Waals surface area contributed by atoms with Crippen molar-refractivity contribution in [3.63, 3.8) is 0 Å².